The summed E-state index contributed by atoms with van der Waals surface area (Å²) in [5, 5.41) is 16.3. The molecule has 23 heavy (non-hydrogen) atoms. The summed E-state index contributed by atoms with van der Waals surface area (Å²) < 4.78 is 5.20. The topological polar surface area (TPSA) is 88.2 Å². The standard InChI is InChI=1S/C17H27N3O3/c21-11-10-14(12-4-2-1-3-5-12)18-15(22)8-9-16-19-17(20-23-16)13-6-7-13/h12-14,21H,1-11H2,(H,18,22). The van der Waals surface area contributed by atoms with Crippen LogP contribution < -0.4 is 5.32 Å². The second kappa shape index (κ2) is 7.90. The van der Waals surface area contributed by atoms with Gasteiger partial charge in [-0.3, -0.25) is 4.79 Å². The van der Waals surface area contributed by atoms with Crippen molar-refractivity contribution in [1.29, 1.82) is 0 Å². The number of carbonyl (C=O) groups is 1. The van der Waals surface area contributed by atoms with E-state index in [-0.39, 0.29) is 18.6 Å². The molecule has 128 valence electrons. The van der Waals surface area contributed by atoms with Gasteiger partial charge in [0, 0.05) is 31.4 Å². The molecular formula is C17H27N3O3. The summed E-state index contributed by atoms with van der Waals surface area (Å²) in [5.41, 5.74) is 0. The van der Waals surface area contributed by atoms with Crippen LogP contribution >= 0.6 is 0 Å². The summed E-state index contributed by atoms with van der Waals surface area (Å²) in [7, 11) is 0. The highest BCUT2D eigenvalue weighted by Crippen LogP contribution is 2.38. The van der Waals surface area contributed by atoms with Crippen LogP contribution in [0.3, 0.4) is 0 Å². The van der Waals surface area contributed by atoms with Gasteiger partial charge in [-0.05, 0) is 38.0 Å². The third kappa shape index (κ3) is 4.77. The van der Waals surface area contributed by atoms with Gasteiger partial charge in [-0.15, -0.1) is 0 Å². The number of aliphatic hydroxyl groups excluding tert-OH is 1. The first kappa shape index (κ1) is 16.4. The van der Waals surface area contributed by atoms with E-state index >= 15 is 0 Å². The van der Waals surface area contributed by atoms with Gasteiger partial charge in [-0.2, -0.15) is 4.98 Å². The van der Waals surface area contributed by atoms with E-state index in [2.05, 4.69) is 15.5 Å². The van der Waals surface area contributed by atoms with Crippen LogP contribution in [0.15, 0.2) is 4.52 Å². The third-order valence-electron chi connectivity index (χ3n) is 5.00. The number of nitrogens with zero attached hydrogens (tertiary/aromatic N) is 2. The van der Waals surface area contributed by atoms with Crippen molar-refractivity contribution in [2.75, 3.05) is 6.61 Å². The first-order valence-electron chi connectivity index (χ1n) is 8.99. The van der Waals surface area contributed by atoms with E-state index in [0.29, 0.717) is 37.0 Å². The highest BCUT2D eigenvalue weighted by atomic mass is 16.5. The molecule has 2 aliphatic carbocycles. The van der Waals surface area contributed by atoms with Gasteiger partial charge < -0.3 is 14.9 Å². The molecule has 0 spiro atoms. The molecular weight excluding hydrogens is 294 g/mol. The molecule has 1 heterocycles. The number of aromatic nitrogens is 2. The molecule has 1 unspecified atom stereocenters. The Balaban J connectivity index is 1.45. The Morgan fingerprint density at radius 2 is 2.04 bits per heavy atom. The van der Waals surface area contributed by atoms with E-state index in [9.17, 15) is 9.90 Å². The Morgan fingerprint density at radius 3 is 2.74 bits per heavy atom. The lowest BCUT2D eigenvalue weighted by Crippen LogP contribution is -2.41. The molecule has 2 aliphatic rings. The van der Waals surface area contributed by atoms with Crippen molar-refractivity contribution in [2.45, 2.75) is 76.2 Å². The fourth-order valence-electron chi connectivity index (χ4n) is 3.48. The highest BCUT2D eigenvalue weighted by Gasteiger charge is 2.29. The molecule has 0 radical (unpaired) electrons. The molecule has 1 atom stereocenters. The van der Waals surface area contributed by atoms with Crippen LogP contribution in [-0.4, -0.2) is 33.8 Å². The zero-order valence-corrected chi connectivity index (χ0v) is 13.7. The van der Waals surface area contributed by atoms with Crippen molar-refractivity contribution < 1.29 is 14.4 Å². The van der Waals surface area contributed by atoms with Gasteiger partial charge in [0.2, 0.25) is 11.8 Å². The van der Waals surface area contributed by atoms with Gasteiger partial charge in [-0.1, -0.05) is 24.4 Å². The normalized spacial score (nSPS) is 20.4. The maximum absolute atomic E-state index is 12.2. The summed E-state index contributed by atoms with van der Waals surface area (Å²) in [5.74, 6) is 2.34. The van der Waals surface area contributed by atoms with Crippen LogP contribution in [0.1, 0.15) is 75.4 Å². The second-order valence-electron chi connectivity index (χ2n) is 6.90. The maximum Gasteiger partial charge on any atom is 0.227 e. The number of hydrogen-bond acceptors (Lipinski definition) is 5. The van der Waals surface area contributed by atoms with Gasteiger partial charge in [0.25, 0.3) is 0 Å². The van der Waals surface area contributed by atoms with E-state index < -0.39 is 0 Å². The minimum Gasteiger partial charge on any atom is -0.396 e. The fourth-order valence-corrected chi connectivity index (χ4v) is 3.48. The van der Waals surface area contributed by atoms with E-state index in [1.807, 2.05) is 0 Å². The van der Waals surface area contributed by atoms with Crippen LogP contribution in [0, 0.1) is 5.92 Å². The lowest BCUT2D eigenvalue weighted by molar-refractivity contribution is -0.122. The molecule has 0 saturated heterocycles. The summed E-state index contributed by atoms with van der Waals surface area (Å²) in [6.45, 7) is 0.121. The summed E-state index contributed by atoms with van der Waals surface area (Å²) in [6, 6.07) is 0.0949. The largest absolute Gasteiger partial charge is 0.396 e. The third-order valence-corrected chi connectivity index (χ3v) is 5.00. The summed E-state index contributed by atoms with van der Waals surface area (Å²) >= 11 is 0. The van der Waals surface area contributed by atoms with E-state index in [4.69, 9.17) is 4.52 Å². The zero-order valence-electron chi connectivity index (χ0n) is 13.7. The van der Waals surface area contributed by atoms with Crippen molar-refractivity contribution >= 4 is 5.91 Å². The number of aliphatic hydroxyl groups is 1. The summed E-state index contributed by atoms with van der Waals surface area (Å²) in [4.78, 5) is 16.6. The van der Waals surface area contributed by atoms with Crippen LogP contribution in [0.2, 0.25) is 0 Å². The average Bonchev–Trinajstić information content (AvgIpc) is 3.32. The molecule has 2 N–H and O–H groups in total. The average molecular weight is 321 g/mol. The Labute approximate surface area is 137 Å². The highest BCUT2D eigenvalue weighted by molar-refractivity contribution is 5.76. The Morgan fingerprint density at radius 1 is 1.26 bits per heavy atom. The van der Waals surface area contributed by atoms with E-state index in [1.165, 1.54) is 19.3 Å². The number of carbonyl (C=O) groups excluding carboxylic acids is 1. The SMILES string of the molecule is O=C(CCc1nc(C2CC2)no1)NC(CCO)C1CCCCC1. The van der Waals surface area contributed by atoms with Gasteiger partial charge in [0.1, 0.15) is 0 Å². The second-order valence-corrected chi connectivity index (χ2v) is 6.90. The first-order chi connectivity index (χ1) is 11.3. The van der Waals surface area contributed by atoms with Crippen LogP contribution in [-0.2, 0) is 11.2 Å². The van der Waals surface area contributed by atoms with Gasteiger partial charge >= 0.3 is 0 Å². The van der Waals surface area contributed by atoms with Crippen molar-refractivity contribution in [3.05, 3.63) is 11.7 Å². The molecule has 2 fully saturated rings. The Kier molecular flexibility index (Phi) is 5.65. The molecule has 1 aromatic heterocycles. The Hall–Kier alpha value is -1.43. The molecule has 0 aromatic carbocycles. The summed E-state index contributed by atoms with van der Waals surface area (Å²) in [6.07, 6.45) is 9.83. The quantitative estimate of drug-likeness (QED) is 0.767. The van der Waals surface area contributed by atoms with Crippen molar-refractivity contribution in [3.8, 4) is 0 Å². The Bertz CT molecular complexity index is 507. The number of nitrogens with one attached hydrogen (secondary N) is 1. The van der Waals surface area contributed by atoms with Crippen LogP contribution in [0.25, 0.3) is 0 Å². The predicted molar refractivity (Wildman–Crippen MR) is 84.8 cm³/mol. The molecule has 1 aromatic rings. The number of amides is 1. The number of hydrogen-bond donors (Lipinski definition) is 2. The minimum absolute atomic E-state index is 0.0141. The van der Waals surface area contributed by atoms with Gasteiger partial charge in [-0.25, -0.2) is 0 Å². The number of rotatable bonds is 8. The number of aryl methyl sites for hydroxylation is 1. The predicted octanol–water partition coefficient (Wildman–Crippen LogP) is 2.33. The van der Waals surface area contributed by atoms with Crippen molar-refractivity contribution in [3.63, 3.8) is 0 Å². The van der Waals surface area contributed by atoms with Gasteiger partial charge in [0.05, 0.1) is 0 Å². The molecule has 0 aliphatic heterocycles. The minimum atomic E-state index is 0.0141. The zero-order chi connectivity index (χ0) is 16.1. The fraction of sp³-hybridized carbons (Fsp3) is 0.824. The van der Waals surface area contributed by atoms with Gasteiger partial charge in [0.15, 0.2) is 5.82 Å². The van der Waals surface area contributed by atoms with Crippen molar-refractivity contribution in [1.82, 2.24) is 15.5 Å². The van der Waals surface area contributed by atoms with Crippen LogP contribution in [0.4, 0.5) is 0 Å². The van der Waals surface area contributed by atoms with E-state index in [0.717, 1.165) is 31.5 Å². The molecule has 6 heteroatoms. The smallest absolute Gasteiger partial charge is 0.227 e. The lowest BCUT2D eigenvalue weighted by Gasteiger charge is -2.30. The van der Waals surface area contributed by atoms with Crippen molar-refractivity contribution in [2.24, 2.45) is 5.92 Å². The molecule has 2 saturated carbocycles. The van der Waals surface area contributed by atoms with E-state index in [1.54, 1.807) is 0 Å². The lowest BCUT2D eigenvalue weighted by atomic mass is 9.82. The monoisotopic (exact) mass is 321 g/mol. The van der Waals surface area contributed by atoms with Crippen LogP contribution in [0.5, 0.6) is 0 Å². The molecule has 6 nitrogen and oxygen atoms in total. The first-order valence-corrected chi connectivity index (χ1v) is 8.99. The maximum atomic E-state index is 12.2. The molecule has 1 amide bonds. The molecule has 0 bridgehead atoms. The molecule has 3 rings (SSSR count).